The molecule has 0 spiro atoms. The van der Waals surface area contributed by atoms with Gasteiger partial charge in [-0.1, -0.05) is 19.9 Å². The molecule has 0 atom stereocenters. The molecule has 0 saturated heterocycles. The van der Waals surface area contributed by atoms with Gasteiger partial charge in [0.15, 0.2) is 0 Å². The van der Waals surface area contributed by atoms with E-state index in [1.54, 1.807) is 31.3 Å². The summed E-state index contributed by atoms with van der Waals surface area (Å²) >= 11 is 0. The van der Waals surface area contributed by atoms with Gasteiger partial charge in [0.2, 0.25) is 5.88 Å². The Kier molecular flexibility index (Phi) is 3.55. The molecule has 0 aliphatic heterocycles. The van der Waals surface area contributed by atoms with Crippen molar-refractivity contribution in [1.82, 2.24) is 9.97 Å². The van der Waals surface area contributed by atoms with E-state index in [1.807, 2.05) is 13.8 Å². The van der Waals surface area contributed by atoms with Crippen molar-refractivity contribution in [3.63, 3.8) is 0 Å². The van der Waals surface area contributed by atoms with Gasteiger partial charge >= 0.3 is 0 Å². The molecule has 94 valence electrons. The Labute approximate surface area is 106 Å². The van der Waals surface area contributed by atoms with E-state index in [0.29, 0.717) is 23.0 Å². The quantitative estimate of drug-likeness (QED) is 0.825. The number of hydrogen-bond donors (Lipinski definition) is 0. The maximum Gasteiger partial charge on any atom is 0.222 e. The number of ether oxygens (including phenoxy) is 1. The van der Waals surface area contributed by atoms with Crippen LogP contribution in [0.1, 0.15) is 31.2 Å². The Morgan fingerprint density at radius 1 is 1.22 bits per heavy atom. The summed E-state index contributed by atoms with van der Waals surface area (Å²) in [5.74, 6) is 1.51. The summed E-state index contributed by atoms with van der Waals surface area (Å²) < 4.78 is 18.9. The van der Waals surface area contributed by atoms with Crippen molar-refractivity contribution in [3.05, 3.63) is 47.7 Å². The lowest BCUT2D eigenvalue weighted by atomic mass is 10.2. The van der Waals surface area contributed by atoms with E-state index in [1.165, 1.54) is 6.07 Å². The molecule has 2 rings (SSSR count). The average Bonchev–Trinajstić information content (AvgIpc) is 2.34. The topological polar surface area (TPSA) is 35.0 Å². The third-order valence-electron chi connectivity index (χ3n) is 2.53. The zero-order valence-corrected chi connectivity index (χ0v) is 10.6. The van der Waals surface area contributed by atoms with E-state index in [4.69, 9.17) is 4.74 Å². The first kappa shape index (κ1) is 12.5. The van der Waals surface area contributed by atoms with E-state index in [2.05, 4.69) is 9.97 Å². The van der Waals surface area contributed by atoms with Crippen molar-refractivity contribution in [2.75, 3.05) is 0 Å². The lowest BCUT2D eigenvalue weighted by Gasteiger charge is -2.08. The van der Waals surface area contributed by atoms with Gasteiger partial charge in [-0.2, -0.15) is 4.98 Å². The lowest BCUT2D eigenvalue weighted by molar-refractivity contribution is 0.452. The van der Waals surface area contributed by atoms with Crippen molar-refractivity contribution in [3.8, 4) is 11.6 Å². The van der Waals surface area contributed by atoms with Crippen LogP contribution in [0, 0.1) is 12.7 Å². The van der Waals surface area contributed by atoms with Crippen LogP contribution in [0.2, 0.25) is 0 Å². The summed E-state index contributed by atoms with van der Waals surface area (Å²) in [6.07, 6.45) is 1.64. The van der Waals surface area contributed by atoms with Crippen LogP contribution >= 0.6 is 0 Å². The predicted molar refractivity (Wildman–Crippen MR) is 67.3 cm³/mol. The second-order valence-corrected chi connectivity index (χ2v) is 4.42. The van der Waals surface area contributed by atoms with Gasteiger partial charge in [-0.05, 0) is 18.6 Å². The van der Waals surface area contributed by atoms with Gasteiger partial charge in [-0.15, -0.1) is 0 Å². The van der Waals surface area contributed by atoms with Gasteiger partial charge in [0.05, 0.1) is 0 Å². The van der Waals surface area contributed by atoms with Crippen LogP contribution in [0.4, 0.5) is 4.39 Å². The van der Waals surface area contributed by atoms with E-state index in [9.17, 15) is 4.39 Å². The van der Waals surface area contributed by atoms with Gasteiger partial charge in [-0.25, -0.2) is 9.37 Å². The highest BCUT2D eigenvalue weighted by Crippen LogP contribution is 2.22. The van der Waals surface area contributed by atoms with Crippen LogP contribution in [0.5, 0.6) is 11.6 Å². The second kappa shape index (κ2) is 5.12. The number of halogens is 1. The molecule has 0 fully saturated rings. The van der Waals surface area contributed by atoms with Crippen molar-refractivity contribution in [2.45, 2.75) is 26.7 Å². The molecule has 4 heteroatoms. The van der Waals surface area contributed by atoms with Crippen molar-refractivity contribution >= 4 is 0 Å². The summed E-state index contributed by atoms with van der Waals surface area (Å²) in [5.41, 5.74) is 0.591. The minimum Gasteiger partial charge on any atom is -0.439 e. The smallest absolute Gasteiger partial charge is 0.222 e. The monoisotopic (exact) mass is 246 g/mol. The molecule has 0 aliphatic carbocycles. The first-order chi connectivity index (χ1) is 8.56. The Bertz CT molecular complexity index is 555. The molecule has 18 heavy (non-hydrogen) atoms. The van der Waals surface area contributed by atoms with Gasteiger partial charge in [-0.3, -0.25) is 0 Å². The van der Waals surface area contributed by atoms with E-state index in [0.717, 1.165) is 0 Å². The van der Waals surface area contributed by atoms with Crippen LogP contribution in [0.25, 0.3) is 0 Å². The highest BCUT2D eigenvalue weighted by molar-refractivity contribution is 5.31. The molecule has 1 aromatic heterocycles. The third-order valence-corrected chi connectivity index (χ3v) is 2.53. The molecule has 0 bridgehead atoms. The highest BCUT2D eigenvalue weighted by Gasteiger charge is 2.06. The normalized spacial score (nSPS) is 10.7. The number of rotatable bonds is 3. The number of aromatic nitrogens is 2. The zero-order chi connectivity index (χ0) is 13.1. The highest BCUT2D eigenvalue weighted by atomic mass is 19.1. The summed E-state index contributed by atoms with van der Waals surface area (Å²) in [5, 5.41) is 0. The van der Waals surface area contributed by atoms with E-state index >= 15 is 0 Å². The third kappa shape index (κ3) is 2.83. The summed E-state index contributed by atoms with van der Waals surface area (Å²) in [6.45, 7) is 5.72. The van der Waals surface area contributed by atoms with Crippen LogP contribution in [-0.2, 0) is 0 Å². The molecule has 0 radical (unpaired) electrons. The molecule has 0 aliphatic rings. The van der Waals surface area contributed by atoms with Crippen LogP contribution in [0.15, 0.2) is 30.5 Å². The molecule has 2 aromatic rings. The van der Waals surface area contributed by atoms with Gasteiger partial charge in [0.1, 0.15) is 17.4 Å². The van der Waals surface area contributed by atoms with Crippen molar-refractivity contribution in [2.24, 2.45) is 0 Å². The Morgan fingerprint density at radius 2 is 2.00 bits per heavy atom. The molecule has 0 N–H and O–H groups in total. The molecule has 0 unspecified atom stereocenters. The average molecular weight is 246 g/mol. The van der Waals surface area contributed by atoms with Gasteiger partial charge in [0.25, 0.3) is 0 Å². The van der Waals surface area contributed by atoms with Crippen LogP contribution < -0.4 is 4.74 Å². The summed E-state index contributed by atoms with van der Waals surface area (Å²) in [7, 11) is 0. The standard InChI is InChI=1S/C14H15FN2O/c1-9(2)14-16-7-6-13(17-14)18-11-5-4-10(3)12(15)8-11/h4-9H,1-3H3. The first-order valence-corrected chi connectivity index (χ1v) is 5.83. The SMILES string of the molecule is Cc1ccc(Oc2ccnc(C(C)C)n2)cc1F. The number of benzene rings is 1. The van der Waals surface area contributed by atoms with Gasteiger partial charge < -0.3 is 4.74 Å². The summed E-state index contributed by atoms with van der Waals surface area (Å²) in [4.78, 5) is 8.41. The Morgan fingerprint density at radius 3 is 2.67 bits per heavy atom. The molecule has 1 aromatic carbocycles. The summed E-state index contributed by atoms with van der Waals surface area (Å²) in [6, 6.07) is 6.40. The maximum atomic E-state index is 13.4. The predicted octanol–water partition coefficient (Wildman–Crippen LogP) is 3.84. The second-order valence-electron chi connectivity index (χ2n) is 4.42. The maximum absolute atomic E-state index is 13.4. The van der Waals surface area contributed by atoms with E-state index < -0.39 is 0 Å². The van der Waals surface area contributed by atoms with Crippen molar-refractivity contribution in [1.29, 1.82) is 0 Å². The number of aryl methyl sites for hydroxylation is 1. The van der Waals surface area contributed by atoms with Gasteiger partial charge in [0, 0.05) is 24.2 Å². The number of hydrogen-bond acceptors (Lipinski definition) is 3. The molecule has 0 saturated carbocycles. The largest absolute Gasteiger partial charge is 0.439 e. The van der Waals surface area contributed by atoms with Crippen molar-refractivity contribution < 1.29 is 9.13 Å². The molecule has 1 heterocycles. The zero-order valence-electron chi connectivity index (χ0n) is 10.6. The lowest BCUT2D eigenvalue weighted by Crippen LogP contribution is -1.98. The molecule has 3 nitrogen and oxygen atoms in total. The fourth-order valence-corrected chi connectivity index (χ4v) is 1.45. The van der Waals surface area contributed by atoms with E-state index in [-0.39, 0.29) is 11.7 Å². The number of nitrogens with zero attached hydrogens (tertiary/aromatic N) is 2. The fourth-order valence-electron chi connectivity index (χ4n) is 1.45. The van der Waals surface area contributed by atoms with Crippen LogP contribution in [0.3, 0.4) is 0 Å². The minimum absolute atomic E-state index is 0.225. The molecular weight excluding hydrogens is 231 g/mol. The Balaban J connectivity index is 2.23. The minimum atomic E-state index is -0.286. The first-order valence-electron chi connectivity index (χ1n) is 5.83. The molecular formula is C14H15FN2O. The fraction of sp³-hybridized carbons (Fsp3) is 0.286. The molecule has 0 amide bonds. The Hall–Kier alpha value is -1.97. The van der Waals surface area contributed by atoms with Crippen LogP contribution in [-0.4, -0.2) is 9.97 Å².